The molecule has 1 N–H and O–H groups in total. The number of ether oxygens (including phenoxy) is 2. The van der Waals surface area contributed by atoms with Gasteiger partial charge in [-0.2, -0.15) is 0 Å². The number of hydrogen-bond donors (Lipinski definition) is 1. The van der Waals surface area contributed by atoms with Gasteiger partial charge in [0.05, 0.1) is 23.8 Å². The normalized spacial score (nSPS) is 10.3. The quantitative estimate of drug-likeness (QED) is 0.562. The Morgan fingerprint density at radius 3 is 2.58 bits per heavy atom. The largest absolute Gasteiger partial charge is 0.490 e. The van der Waals surface area contributed by atoms with Gasteiger partial charge >= 0.3 is 0 Å². The lowest BCUT2D eigenvalue weighted by Gasteiger charge is -2.13. The molecule has 0 unspecified atom stereocenters. The highest BCUT2D eigenvalue weighted by Crippen LogP contribution is 2.29. The summed E-state index contributed by atoms with van der Waals surface area (Å²) in [6.45, 7) is 4.65. The van der Waals surface area contributed by atoms with Crippen LogP contribution in [0.25, 0.3) is 0 Å². The van der Waals surface area contributed by atoms with Crippen LogP contribution >= 0.6 is 0 Å². The fourth-order valence-electron chi connectivity index (χ4n) is 2.17. The van der Waals surface area contributed by atoms with Crippen molar-refractivity contribution in [3.05, 3.63) is 57.9 Å². The second kappa shape index (κ2) is 8.80. The second-order valence-corrected chi connectivity index (χ2v) is 5.32. The fourth-order valence-corrected chi connectivity index (χ4v) is 2.17. The topological polar surface area (TPSA) is 90.7 Å². The summed E-state index contributed by atoms with van der Waals surface area (Å²) >= 11 is 0. The first-order chi connectivity index (χ1) is 12.5. The molecular weight excluding hydrogens is 343 g/mol. The van der Waals surface area contributed by atoms with Gasteiger partial charge in [0.25, 0.3) is 11.6 Å². The standard InChI is InChI=1S/C18H19FN2O5/c1-3-9-26-16-8-5-12(10-17(16)25-4-2)18(22)20-15-11-13(21(23)24)6-7-14(15)19/h5-8,10-11H,3-4,9H2,1-2H3,(H,20,22). The highest BCUT2D eigenvalue weighted by molar-refractivity contribution is 6.04. The van der Waals surface area contributed by atoms with Gasteiger partial charge in [0.15, 0.2) is 11.5 Å². The average Bonchev–Trinajstić information content (AvgIpc) is 2.62. The first-order valence-electron chi connectivity index (χ1n) is 8.11. The molecule has 26 heavy (non-hydrogen) atoms. The molecule has 0 aliphatic heterocycles. The Morgan fingerprint density at radius 1 is 1.15 bits per heavy atom. The Kier molecular flexibility index (Phi) is 6.48. The van der Waals surface area contributed by atoms with E-state index in [0.717, 1.165) is 24.6 Å². The van der Waals surface area contributed by atoms with E-state index in [4.69, 9.17) is 9.47 Å². The molecule has 0 aromatic heterocycles. The van der Waals surface area contributed by atoms with Crippen LogP contribution in [0.15, 0.2) is 36.4 Å². The van der Waals surface area contributed by atoms with Gasteiger partial charge in [-0.25, -0.2) is 4.39 Å². The number of nitrogens with one attached hydrogen (secondary N) is 1. The van der Waals surface area contributed by atoms with E-state index in [-0.39, 0.29) is 16.9 Å². The zero-order valence-corrected chi connectivity index (χ0v) is 14.5. The number of carbonyl (C=O) groups excluding carboxylic acids is 1. The van der Waals surface area contributed by atoms with Gasteiger partial charge in [-0.05, 0) is 37.6 Å². The van der Waals surface area contributed by atoms with Gasteiger partial charge in [0.1, 0.15) is 5.82 Å². The number of carbonyl (C=O) groups is 1. The van der Waals surface area contributed by atoms with Gasteiger partial charge in [0.2, 0.25) is 0 Å². The predicted octanol–water partition coefficient (Wildman–Crippen LogP) is 4.17. The number of hydrogen-bond acceptors (Lipinski definition) is 5. The van der Waals surface area contributed by atoms with Crippen LogP contribution in [0.2, 0.25) is 0 Å². The third-order valence-corrected chi connectivity index (χ3v) is 3.38. The first kappa shape index (κ1) is 19.2. The van der Waals surface area contributed by atoms with Crippen LogP contribution in [0.5, 0.6) is 11.5 Å². The molecule has 8 heteroatoms. The predicted molar refractivity (Wildman–Crippen MR) is 94.4 cm³/mol. The number of benzene rings is 2. The van der Waals surface area contributed by atoms with Crippen molar-refractivity contribution in [2.24, 2.45) is 0 Å². The molecule has 0 radical (unpaired) electrons. The molecule has 2 rings (SSSR count). The molecule has 0 spiro atoms. The summed E-state index contributed by atoms with van der Waals surface area (Å²) < 4.78 is 24.9. The minimum atomic E-state index is -0.767. The summed E-state index contributed by atoms with van der Waals surface area (Å²) in [5, 5.41) is 13.1. The van der Waals surface area contributed by atoms with Gasteiger partial charge in [-0.1, -0.05) is 6.92 Å². The molecule has 138 valence electrons. The summed E-state index contributed by atoms with van der Waals surface area (Å²) in [4.78, 5) is 22.5. The monoisotopic (exact) mass is 362 g/mol. The van der Waals surface area contributed by atoms with Crippen LogP contribution in [-0.2, 0) is 0 Å². The molecule has 0 bridgehead atoms. The van der Waals surface area contributed by atoms with Crippen LogP contribution in [-0.4, -0.2) is 24.0 Å². The number of rotatable bonds is 8. The average molecular weight is 362 g/mol. The Hall–Kier alpha value is -3.16. The van der Waals surface area contributed by atoms with Crippen molar-refractivity contribution >= 4 is 17.3 Å². The third-order valence-electron chi connectivity index (χ3n) is 3.38. The minimum Gasteiger partial charge on any atom is -0.490 e. The van der Waals surface area contributed by atoms with Crippen molar-refractivity contribution in [1.82, 2.24) is 0 Å². The Balaban J connectivity index is 2.25. The van der Waals surface area contributed by atoms with Gasteiger partial charge < -0.3 is 14.8 Å². The van der Waals surface area contributed by atoms with Crippen LogP contribution in [0.4, 0.5) is 15.8 Å². The Morgan fingerprint density at radius 2 is 1.92 bits per heavy atom. The lowest BCUT2D eigenvalue weighted by molar-refractivity contribution is -0.384. The maximum atomic E-state index is 13.8. The summed E-state index contributed by atoms with van der Waals surface area (Å²) in [6, 6.07) is 7.52. The number of nitrogens with zero attached hydrogens (tertiary/aromatic N) is 1. The Bertz CT molecular complexity index is 810. The summed E-state index contributed by atoms with van der Waals surface area (Å²) in [7, 11) is 0. The van der Waals surface area contributed by atoms with Crippen LogP contribution in [0.3, 0.4) is 0 Å². The molecular formula is C18H19FN2O5. The van der Waals surface area contributed by atoms with Gasteiger partial charge in [-0.15, -0.1) is 0 Å². The van der Waals surface area contributed by atoms with E-state index in [1.165, 1.54) is 12.1 Å². The lowest BCUT2D eigenvalue weighted by atomic mass is 10.1. The molecule has 0 heterocycles. The Labute approximate surface area is 149 Å². The van der Waals surface area contributed by atoms with Crippen molar-refractivity contribution in [3.63, 3.8) is 0 Å². The van der Waals surface area contributed by atoms with Crippen molar-refractivity contribution in [2.45, 2.75) is 20.3 Å². The molecule has 0 saturated heterocycles. The van der Waals surface area contributed by atoms with E-state index in [9.17, 15) is 19.3 Å². The SMILES string of the molecule is CCCOc1ccc(C(=O)Nc2cc([N+](=O)[O-])ccc2F)cc1OCC. The van der Waals surface area contributed by atoms with Gasteiger partial charge in [-0.3, -0.25) is 14.9 Å². The summed E-state index contributed by atoms with van der Waals surface area (Å²) in [5.41, 5.74) is -0.378. The van der Waals surface area contributed by atoms with Gasteiger partial charge in [0, 0.05) is 17.7 Å². The maximum absolute atomic E-state index is 13.8. The molecule has 0 saturated carbocycles. The zero-order valence-electron chi connectivity index (χ0n) is 14.5. The van der Waals surface area contributed by atoms with Crippen LogP contribution in [0, 0.1) is 15.9 Å². The first-order valence-corrected chi connectivity index (χ1v) is 8.11. The van der Waals surface area contributed by atoms with Crippen LogP contribution in [0.1, 0.15) is 30.6 Å². The van der Waals surface area contributed by atoms with Crippen molar-refractivity contribution < 1.29 is 23.6 Å². The number of halogens is 1. The van der Waals surface area contributed by atoms with Crippen molar-refractivity contribution in [3.8, 4) is 11.5 Å². The summed E-state index contributed by atoms with van der Waals surface area (Å²) in [6.07, 6.45) is 0.819. The molecule has 0 atom stereocenters. The maximum Gasteiger partial charge on any atom is 0.271 e. The molecule has 1 amide bonds. The summed E-state index contributed by atoms with van der Waals surface area (Å²) in [5.74, 6) is -0.482. The van der Waals surface area contributed by atoms with E-state index >= 15 is 0 Å². The van der Waals surface area contributed by atoms with E-state index in [1.807, 2.05) is 6.92 Å². The van der Waals surface area contributed by atoms with Crippen LogP contribution < -0.4 is 14.8 Å². The number of anilines is 1. The highest BCUT2D eigenvalue weighted by Gasteiger charge is 2.16. The molecule has 0 aliphatic carbocycles. The molecule has 7 nitrogen and oxygen atoms in total. The third kappa shape index (κ3) is 4.69. The zero-order chi connectivity index (χ0) is 19.1. The van der Waals surface area contributed by atoms with E-state index in [0.29, 0.717) is 24.7 Å². The molecule has 0 aliphatic rings. The van der Waals surface area contributed by atoms with Crippen molar-refractivity contribution in [2.75, 3.05) is 18.5 Å². The van der Waals surface area contributed by atoms with E-state index in [2.05, 4.69) is 5.32 Å². The minimum absolute atomic E-state index is 0.211. The number of non-ortho nitro benzene ring substituents is 1. The van der Waals surface area contributed by atoms with Crippen molar-refractivity contribution in [1.29, 1.82) is 0 Å². The number of nitro benzene ring substituents is 1. The smallest absolute Gasteiger partial charge is 0.271 e. The van der Waals surface area contributed by atoms with E-state index in [1.54, 1.807) is 13.0 Å². The second-order valence-electron chi connectivity index (χ2n) is 5.32. The lowest BCUT2D eigenvalue weighted by Crippen LogP contribution is -2.13. The molecule has 0 fully saturated rings. The molecule has 2 aromatic rings. The highest BCUT2D eigenvalue weighted by atomic mass is 19.1. The fraction of sp³-hybridized carbons (Fsp3) is 0.278. The molecule has 2 aromatic carbocycles. The number of amides is 1. The van der Waals surface area contributed by atoms with E-state index < -0.39 is 16.6 Å². The number of nitro groups is 1.